The highest BCUT2D eigenvalue weighted by Crippen LogP contribution is 2.40. The summed E-state index contributed by atoms with van der Waals surface area (Å²) in [6, 6.07) is 1.82. The van der Waals surface area contributed by atoms with Gasteiger partial charge >= 0.3 is 0 Å². The summed E-state index contributed by atoms with van der Waals surface area (Å²) < 4.78 is 0.377. The second-order valence-corrected chi connectivity index (χ2v) is 6.85. The van der Waals surface area contributed by atoms with Crippen LogP contribution in [0.2, 0.25) is 5.15 Å². The quantitative estimate of drug-likeness (QED) is 0.800. The highest BCUT2D eigenvalue weighted by molar-refractivity contribution is 8.00. The summed E-state index contributed by atoms with van der Waals surface area (Å²) in [4.78, 5) is 8.78. The van der Waals surface area contributed by atoms with Crippen LogP contribution in [0.5, 0.6) is 0 Å². The summed E-state index contributed by atoms with van der Waals surface area (Å²) in [7, 11) is 0. The van der Waals surface area contributed by atoms with E-state index in [9.17, 15) is 0 Å². The second kappa shape index (κ2) is 6.80. The van der Waals surface area contributed by atoms with Crippen LogP contribution in [0.25, 0.3) is 0 Å². The minimum Gasteiger partial charge on any atom is -0.369 e. The van der Waals surface area contributed by atoms with Crippen LogP contribution in [0.4, 0.5) is 5.82 Å². The number of rotatable bonds is 6. The van der Waals surface area contributed by atoms with Gasteiger partial charge in [0.05, 0.1) is 0 Å². The Bertz CT molecular complexity index is 419. The molecule has 19 heavy (non-hydrogen) atoms. The van der Waals surface area contributed by atoms with Crippen LogP contribution in [-0.4, -0.2) is 27.5 Å². The number of hydrogen-bond acceptors (Lipinski definition) is 4. The topological polar surface area (TPSA) is 37.8 Å². The Morgan fingerprint density at radius 2 is 2.11 bits per heavy atom. The zero-order chi connectivity index (χ0) is 13.7. The van der Waals surface area contributed by atoms with Crippen LogP contribution in [-0.2, 0) is 6.42 Å². The van der Waals surface area contributed by atoms with Crippen LogP contribution in [0.15, 0.2) is 6.07 Å². The molecular weight excluding hydrogens is 278 g/mol. The van der Waals surface area contributed by atoms with E-state index in [2.05, 4.69) is 28.5 Å². The third kappa shape index (κ3) is 3.99. The fraction of sp³-hybridized carbons (Fsp3) is 0.714. The van der Waals surface area contributed by atoms with Crippen molar-refractivity contribution in [3.63, 3.8) is 0 Å². The molecule has 0 spiro atoms. The normalized spacial score (nSPS) is 17.6. The fourth-order valence-electron chi connectivity index (χ4n) is 2.61. The molecule has 1 saturated carbocycles. The molecule has 3 nitrogen and oxygen atoms in total. The highest BCUT2D eigenvalue weighted by atomic mass is 35.5. The summed E-state index contributed by atoms with van der Waals surface area (Å²) in [5.41, 5.74) is 0. The largest absolute Gasteiger partial charge is 0.369 e. The molecule has 0 aliphatic heterocycles. The van der Waals surface area contributed by atoms with Gasteiger partial charge in [0, 0.05) is 23.8 Å². The number of nitrogens with one attached hydrogen (secondary N) is 1. The number of thioether (sulfide) groups is 1. The standard InChI is InChI=1S/C14H22ClN3S/c1-3-6-12-17-11(15)9-13(18-12)16-10-14(19-2)7-4-5-8-14/h9H,3-8,10H2,1-2H3,(H,16,17,18). The summed E-state index contributed by atoms with van der Waals surface area (Å²) in [5.74, 6) is 1.70. The number of aryl methyl sites for hydroxylation is 1. The maximum atomic E-state index is 6.05. The third-order valence-corrected chi connectivity index (χ3v) is 5.37. The zero-order valence-electron chi connectivity index (χ0n) is 11.7. The van der Waals surface area contributed by atoms with E-state index in [1.165, 1.54) is 25.7 Å². The molecule has 0 bridgehead atoms. The Morgan fingerprint density at radius 1 is 1.37 bits per heavy atom. The molecule has 1 fully saturated rings. The van der Waals surface area contributed by atoms with Gasteiger partial charge in [-0.15, -0.1) is 0 Å². The average molecular weight is 300 g/mol. The van der Waals surface area contributed by atoms with Gasteiger partial charge in [-0.2, -0.15) is 11.8 Å². The van der Waals surface area contributed by atoms with Crippen molar-refractivity contribution in [2.45, 2.75) is 50.2 Å². The first-order valence-corrected chi connectivity index (χ1v) is 8.60. The molecule has 2 rings (SSSR count). The molecule has 1 aromatic heterocycles. The third-order valence-electron chi connectivity index (χ3n) is 3.75. The lowest BCUT2D eigenvalue weighted by molar-refractivity contribution is 0.638. The Kier molecular flexibility index (Phi) is 5.34. The molecule has 106 valence electrons. The van der Waals surface area contributed by atoms with Crippen molar-refractivity contribution in [3.05, 3.63) is 17.0 Å². The van der Waals surface area contributed by atoms with E-state index < -0.39 is 0 Å². The number of anilines is 1. The lowest BCUT2D eigenvalue weighted by Crippen LogP contribution is -2.30. The van der Waals surface area contributed by atoms with Gasteiger partial charge in [-0.25, -0.2) is 9.97 Å². The summed E-state index contributed by atoms with van der Waals surface area (Å²) in [6.45, 7) is 3.09. The first-order chi connectivity index (χ1) is 9.17. The van der Waals surface area contributed by atoms with Crippen LogP contribution < -0.4 is 5.32 Å². The monoisotopic (exact) mass is 299 g/mol. The van der Waals surface area contributed by atoms with E-state index in [0.717, 1.165) is 31.0 Å². The van der Waals surface area contributed by atoms with E-state index in [1.54, 1.807) is 0 Å². The number of hydrogen-bond donors (Lipinski definition) is 1. The highest BCUT2D eigenvalue weighted by Gasteiger charge is 2.32. The number of aromatic nitrogens is 2. The Morgan fingerprint density at radius 3 is 2.74 bits per heavy atom. The van der Waals surface area contributed by atoms with Gasteiger partial charge < -0.3 is 5.32 Å². The summed E-state index contributed by atoms with van der Waals surface area (Å²) >= 11 is 8.03. The Hall–Kier alpha value is -0.480. The molecule has 0 aromatic carbocycles. The maximum absolute atomic E-state index is 6.05. The fourth-order valence-corrected chi connectivity index (χ4v) is 3.73. The van der Waals surface area contributed by atoms with Gasteiger partial charge in [-0.1, -0.05) is 31.4 Å². The first-order valence-electron chi connectivity index (χ1n) is 7.00. The molecular formula is C14H22ClN3S. The van der Waals surface area contributed by atoms with Crippen molar-refractivity contribution in [2.75, 3.05) is 18.1 Å². The maximum Gasteiger partial charge on any atom is 0.134 e. The van der Waals surface area contributed by atoms with Gasteiger partial charge in [0.1, 0.15) is 16.8 Å². The van der Waals surface area contributed by atoms with E-state index in [0.29, 0.717) is 9.90 Å². The molecule has 0 amide bonds. The van der Waals surface area contributed by atoms with Gasteiger partial charge in [0.2, 0.25) is 0 Å². The molecule has 1 heterocycles. The second-order valence-electron chi connectivity index (χ2n) is 5.19. The number of halogens is 1. The van der Waals surface area contributed by atoms with Gasteiger partial charge in [-0.05, 0) is 25.5 Å². The summed E-state index contributed by atoms with van der Waals surface area (Å²) in [5, 5.41) is 3.99. The van der Waals surface area contributed by atoms with Gasteiger partial charge in [-0.3, -0.25) is 0 Å². The van der Waals surface area contributed by atoms with Crippen molar-refractivity contribution in [2.24, 2.45) is 0 Å². The average Bonchev–Trinajstić information content (AvgIpc) is 2.86. The van der Waals surface area contributed by atoms with Crippen LogP contribution in [0.3, 0.4) is 0 Å². The molecule has 1 aliphatic carbocycles. The van der Waals surface area contributed by atoms with E-state index >= 15 is 0 Å². The molecule has 1 aliphatic rings. The molecule has 0 saturated heterocycles. The van der Waals surface area contributed by atoms with Crippen molar-refractivity contribution >= 4 is 29.2 Å². The van der Waals surface area contributed by atoms with Crippen LogP contribution >= 0.6 is 23.4 Å². The van der Waals surface area contributed by atoms with Crippen LogP contribution in [0.1, 0.15) is 44.9 Å². The molecule has 5 heteroatoms. The SMILES string of the molecule is CCCc1nc(Cl)cc(NCC2(SC)CCCC2)n1. The predicted octanol–water partition coefficient (Wildman–Crippen LogP) is 4.17. The minimum absolute atomic E-state index is 0.377. The van der Waals surface area contributed by atoms with Crippen molar-refractivity contribution in [1.82, 2.24) is 9.97 Å². The van der Waals surface area contributed by atoms with E-state index in [-0.39, 0.29) is 0 Å². The molecule has 0 atom stereocenters. The lowest BCUT2D eigenvalue weighted by Gasteiger charge is -2.27. The van der Waals surface area contributed by atoms with Crippen molar-refractivity contribution in [3.8, 4) is 0 Å². The first kappa shape index (κ1) is 14.9. The smallest absolute Gasteiger partial charge is 0.134 e. The van der Waals surface area contributed by atoms with Gasteiger partial charge in [0.15, 0.2) is 0 Å². The predicted molar refractivity (Wildman–Crippen MR) is 84.2 cm³/mol. The zero-order valence-corrected chi connectivity index (χ0v) is 13.3. The van der Waals surface area contributed by atoms with Gasteiger partial charge in [0.25, 0.3) is 0 Å². The van der Waals surface area contributed by atoms with Crippen LogP contribution in [0, 0.1) is 0 Å². The van der Waals surface area contributed by atoms with E-state index in [4.69, 9.17) is 11.6 Å². The molecule has 0 unspecified atom stereocenters. The lowest BCUT2D eigenvalue weighted by atomic mass is 10.1. The summed E-state index contributed by atoms with van der Waals surface area (Å²) in [6.07, 6.45) is 9.39. The van der Waals surface area contributed by atoms with Crippen molar-refractivity contribution in [1.29, 1.82) is 0 Å². The number of nitrogens with zero attached hydrogens (tertiary/aromatic N) is 2. The Labute approximate surface area is 124 Å². The molecule has 1 aromatic rings. The van der Waals surface area contributed by atoms with Crippen molar-refractivity contribution < 1.29 is 0 Å². The molecule has 0 radical (unpaired) electrons. The molecule has 1 N–H and O–H groups in total. The van der Waals surface area contributed by atoms with E-state index in [1.807, 2.05) is 17.8 Å². The Balaban J connectivity index is 2.02. The minimum atomic E-state index is 0.377.